The fraction of sp³-hybridized carbons (Fsp3) is 0.476. The van der Waals surface area contributed by atoms with E-state index in [0.29, 0.717) is 5.56 Å². The van der Waals surface area contributed by atoms with E-state index in [1.54, 1.807) is 30.3 Å². The quantitative estimate of drug-likeness (QED) is 0.497. The Bertz CT molecular complexity index is 847. The van der Waals surface area contributed by atoms with Crippen LogP contribution in [0.3, 0.4) is 0 Å². The van der Waals surface area contributed by atoms with E-state index in [4.69, 9.17) is 14.2 Å². The molecule has 1 aliphatic rings. The van der Waals surface area contributed by atoms with Crippen LogP contribution >= 0.6 is 11.8 Å². The topological polar surface area (TPSA) is 137 Å². The van der Waals surface area contributed by atoms with Crippen molar-refractivity contribution in [1.29, 1.82) is 0 Å². The minimum absolute atomic E-state index is 0.00426. The molecule has 11 heteroatoms. The van der Waals surface area contributed by atoms with Crippen LogP contribution in [0.5, 0.6) is 0 Å². The van der Waals surface area contributed by atoms with E-state index in [0.717, 1.165) is 0 Å². The molecule has 1 heterocycles. The van der Waals surface area contributed by atoms with Crippen LogP contribution in [0, 0.1) is 0 Å². The summed E-state index contributed by atoms with van der Waals surface area (Å²) in [5.41, 5.74) is 0.369. The van der Waals surface area contributed by atoms with Crippen molar-refractivity contribution in [3.8, 4) is 0 Å². The molecule has 2 amide bonds. The zero-order chi connectivity index (χ0) is 23.7. The summed E-state index contributed by atoms with van der Waals surface area (Å²) < 4.78 is 15.5. The number of hydrogen-bond acceptors (Lipinski definition) is 9. The summed E-state index contributed by atoms with van der Waals surface area (Å²) in [6.07, 6.45) is -1.92. The number of amides is 2. The maximum atomic E-state index is 12.6. The second-order valence-corrected chi connectivity index (χ2v) is 8.29. The molecule has 1 fully saturated rings. The van der Waals surface area contributed by atoms with E-state index in [1.807, 2.05) is 0 Å². The molecule has 0 aromatic heterocycles. The molecule has 0 saturated carbocycles. The van der Waals surface area contributed by atoms with Gasteiger partial charge in [-0.05, 0) is 12.1 Å². The zero-order valence-electron chi connectivity index (χ0n) is 18.0. The average Bonchev–Trinajstić information content (AvgIpc) is 2.76. The van der Waals surface area contributed by atoms with Gasteiger partial charge >= 0.3 is 11.9 Å². The lowest BCUT2D eigenvalue weighted by Crippen LogP contribution is -2.53. The number of ether oxygens (including phenoxy) is 3. The Labute approximate surface area is 189 Å². The van der Waals surface area contributed by atoms with Crippen LogP contribution in [-0.4, -0.2) is 72.6 Å². The summed E-state index contributed by atoms with van der Waals surface area (Å²) in [4.78, 5) is 59.6. The normalized spacial score (nSPS) is 21.2. The monoisotopic (exact) mass is 466 g/mol. The van der Waals surface area contributed by atoms with E-state index in [-0.39, 0.29) is 24.6 Å². The SMILES string of the molecule is COC(=O)C(CSC1CC(=O)C(NC(=O)c2ccccc2)OC1COC(C)=O)NC(C)=O. The average molecular weight is 467 g/mol. The fourth-order valence-electron chi connectivity index (χ4n) is 2.97. The Morgan fingerprint density at radius 3 is 2.47 bits per heavy atom. The molecule has 4 unspecified atom stereocenters. The molecule has 1 saturated heterocycles. The number of Topliss-reactive ketones (excluding diaryl/α,β-unsaturated/α-hetero) is 1. The van der Waals surface area contributed by atoms with Crippen molar-refractivity contribution in [3.63, 3.8) is 0 Å². The summed E-state index contributed by atoms with van der Waals surface area (Å²) in [6.45, 7) is 2.38. The van der Waals surface area contributed by atoms with Gasteiger partial charge in [0.1, 0.15) is 18.8 Å². The van der Waals surface area contributed by atoms with Crippen molar-refractivity contribution in [2.75, 3.05) is 19.5 Å². The first kappa shape index (κ1) is 25.3. The molecule has 4 atom stereocenters. The van der Waals surface area contributed by atoms with Crippen LogP contribution in [0.2, 0.25) is 0 Å². The van der Waals surface area contributed by atoms with E-state index < -0.39 is 47.4 Å². The Morgan fingerprint density at radius 2 is 1.88 bits per heavy atom. The van der Waals surface area contributed by atoms with Crippen molar-refractivity contribution in [2.45, 2.75) is 43.9 Å². The predicted molar refractivity (Wildman–Crippen MR) is 115 cm³/mol. The van der Waals surface area contributed by atoms with Gasteiger partial charge in [0.15, 0.2) is 12.0 Å². The molecule has 1 aliphatic heterocycles. The summed E-state index contributed by atoms with van der Waals surface area (Å²) in [5, 5.41) is 4.57. The van der Waals surface area contributed by atoms with Gasteiger partial charge in [-0.1, -0.05) is 18.2 Å². The van der Waals surface area contributed by atoms with Crippen molar-refractivity contribution < 1.29 is 38.2 Å². The number of hydrogen-bond donors (Lipinski definition) is 2. The number of benzene rings is 1. The molecule has 0 aliphatic carbocycles. The first-order valence-electron chi connectivity index (χ1n) is 9.85. The second-order valence-electron chi connectivity index (χ2n) is 7.02. The number of carbonyl (C=O) groups excluding carboxylic acids is 5. The summed E-state index contributed by atoms with van der Waals surface area (Å²) in [5.74, 6) is -2.27. The zero-order valence-corrected chi connectivity index (χ0v) is 18.8. The molecule has 1 aromatic carbocycles. The van der Waals surface area contributed by atoms with Gasteiger partial charge in [-0.2, -0.15) is 11.8 Å². The van der Waals surface area contributed by atoms with E-state index in [2.05, 4.69) is 10.6 Å². The highest BCUT2D eigenvalue weighted by molar-refractivity contribution is 8.00. The predicted octanol–water partition coefficient (Wildman–Crippen LogP) is 0.443. The highest BCUT2D eigenvalue weighted by atomic mass is 32.2. The van der Waals surface area contributed by atoms with Gasteiger partial charge in [-0.25, -0.2) is 4.79 Å². The number of methoxy groups -OCH3 is 1. The van der Waals surface area contributed by atoms with Crippen molar-refractivity contribution >= 4 is 41.3 Å². The van der Waals surface area contributed by atoms with Crippen molar-refractivity contribution in [1.82, 2.24) is 10.6 Å². The van der Waals surface area contributed by atoms with E-state index in [1.165, 1.54) is 32.7 Å². The minimum Gasteiger partial charge on any atom is -0.467 e. The standard InChI is InChI=1S/C21H26N2O8S/c1-12(24)22-15(21(28)29-3)11-32-18-9-16(26)20(31-17(18)10-30-13(2)25)23-19(27)14-7-5-4-6-8-14/h4-8,15,17-18,20H,9-11H2,1-3H3,(H,22,24)(H,23,27). The lowest BCUT2D eigenvalue weighted by molar-refractivity contribution is -0.156. The molecule has 0 radical (unpaired) electrons. The molecule has 2 N–H and O–H groups in total. The molecule has 0 bridgehead atoms. The highest BCUT2D eigenvalue weighted by Crippen LogP contribution is 2.28. The van der Waals surface area contributed by atoms with Gasteiger partial charge in [-0.3, -0.25) is 19.2 Å². The second kappa shape index (κ2) is 12.2. The Kier molecular flexibility index (Phi) is 9.66. The number of ketones is 1. The third kappa shape index (κ3) is 7.65. The lowest BCUT2D eigenvalue weighted by atomic mass is 10.1. The van der Waals surface area contributed by atoms with Crippen LogP contribution in [0.15, 0.2) is 30.3 Å². The maximum absolute atomic E-state index is 12.6. The Hall–Kier alpha value is -2.92. The smallest absolute Gasteiger partial charge is 0.329 e. The molecular weight excluding hydrogens is 440 g/mol. The first-order chi connectivity index (χ1) is 15.2. The molecule has 0 spiro atoms. The summed E-state index contributed by atoms with van der Waals surface area (Å²) in [7, 11) is 1.21. The molecule has 32 heavy (non-hydrogen) atoms. The molecule has 2 rings (SSSR count). The largest absolute Gasteiger partial charge is 0.467 e. The minimum atomic E-state index is -1.20. The van der Waals surface area contributed by atoms with Gasteiger partial charge in [0.25, 0.3) is 5.91 Å². The Balaban J connectivity index is 2.07. The van der Waals surface area contributed by atoms with Crippen LogP contribution in [0.25, 0.3) is 0 Å². The van der Waals surface area contributed by atoms with Crippen LogP contribution < -0.4 is 10.6 Å². The number of rotatable bonds is 9. The van der Waals surface area contributed by atoms with Crippen LogP contribution in [0.1, 0.15) is 30.6 Å². The summed E-state index contributed by atoms with van der Waals surface area (Å²) in [6, 6.07) is 7.45. The van der Waals surface area contributed by atoms with Crippen LogP contribution in [-0.2, 0) is 33.4 Å². The van der Waals surface area contributed by atoms with E-state index >= 15 is 0 Å². The van der Waals surface area contributed by atoms with E-state index in [9.17, 15) is 24.0 Å². The molecule has 10 nitrogen and oxygen atoms in total. The number of nitrogens with one attached hydrogen (secondary N) is 2. The third-order valence-corrected chi connectivity index (χ3v) is 5.93. The maximum Gasteiger partial charge on any atom is 0.329 e. The van der Waals surface area contributed by atoms with Crippen molar-refractivity contribution in [3.05, 3.63) is 35.9 Å². The number of carbonyl (C=O) groups is 5. The highest BCUT2D eigenvalue weighted by Gasteiger charge is 2.39. The van der Waals surface area contributed by atoms with Gasteiger partial charge < -0.3 is 24.8 Å². The summed E-state index contributed by atoms with van der Waals surface area (Å²) >= 11 is 1.21. The van der Waals surface area contributed by atoms with Gasteiger partial charge in [0, 0.05) is 36.8 Å². The van der Waals surface area contributed by atoms with Gasteiger partial charge in [-0.15, -0.1) is 0 Å². The number of esters is 2. The molecule has 1 aromatic rings. The lowest BCUT2D eigenvalue weighted by Gasteiger charge is -2.35. The Morgan fingerprint density at radius 1 is 1.19 bits per heavy atom. The van der Waals surface area contributed by atoms with Gasteiger partial charge in [0.2, 0.25) is 5.91 Å². The number of thioether (sulfide) groups is 1. The fourth-order valence-corrected chi connectivity index (χ4v) is 4.27. The molecular formula is C21H26N2O8S. The van der Waals surface area contributed by atoms with Gasteiger partial charge in [0.05, 0.1) is 7.11 Å². The van der Waals surface area contributed by atoms with Crippen LogP contribution in [0.4, 0.5) is 0 Å². The molecule has 174 valence electrons. The third-order valence-electron chi connectivity index (χ3n) is 4.51. The van der Waals surface area contributed by atoms with Crippen molar-refractivity contribution in [2.24, 2.45) is 0 Å². The first-order valence-corrected chi connectivity index (χ1v) is 10.9.